The zero-order chi connectivity index (χ0) is 11.3. The quantitative estimate of drug-likeness (QED) is 0.864. The van der Waals surface area contributed by atoms with Crippen molar-refractivity contribution in [2.45, 2.75) is 45.6 Å². The van der Waals surface area contributed by atoms with Gasteiger partial charge in [0.15, 0.2) is 0 Å². The minimum absolute atomic E-state index is 0.373. The van der Waals surface area contributed by atoms with Crippen LogP contribution in [0.5, 0.6) is 0 Å². The van der Waals surface area contributed by atoms with E-state index in [1.807, 2.05) is 0 Å². The Morgan fingerprint density at radius 3 is 2.80 bits per heavy atom. The Bertz CT molecular complexity index is 309. The lowest BCUT2D eigenvalue weighted by Crippen LogP contribution is -2.18. The largest absolute Gasteiger partial charge is 0.328 e. The third-order valence-electron chi connectivity index (χ3n) is 2.93. The van der Waals surface area contributed by atoms with E-state index in [1.165, 1.54) is 22.0 Å². The van der Waals surface area contributed by atoms with E-state index in [1.54, 1.807) is 0 Å². The van der Waals surface area contributed by atoms with Crippen LogP contribution in [0.15, 0.2) is 22.7 Å². The van der Waals surface area contributed by atoms with E-state index < -0.39 is 0 Å². The van der Waals surface area contributed by atoms with Crippen molar-refractivity contribution in [1.82, 2.24) is 0 Å². The maximum atomic E-state index is 5.90. The molecule has 0 aliphatic rings. The third kappa shape index (κ3) is 3.96. The maximum Gasteiger partial charge on any atom is 0.0207 e. The Morgan fingerprint density at radius 2 is 2.13 bits per heavy atom. The van der Waals surface area contributed by atoms with Gasteiger partial charge in [-0.25, -0.2) is 0 Å². The molecule has 84 valence electrons. The Balaban J connectivity index is 2.47. The van der Waals surface area contributed by atoms with Crippen LogP contribution in [0, 0.1) is 6.92 Å². The first kappa shape index (κ1) is 12.7. The second kappa shape index (κ2) is 6.29. The van der Waals surface area contributed by atoms with Gasteiger partial charge in [-0.3, -0.25) is 0 Å². The summed E-state index contributed by atoms with van der Waals surface area (Å²) in [5.74, 6) is 0. The van der Waals surface area contributed by atoms with Gasteiger partial charge in [0.2, 0.25) is 0 Å². The van der Waals surface area contributed by atoms with Gasteiger partial charge in [-0.1, -0.05) is 35.0 Å². The van der Waals surface area contributed by atoms with Crippen LogP contribution in [0.3, 0.4) is 0 Å². The van der Waals surface area contributed by atoms with E-state index in [9.17, 15) is 0 Å². The number of benzene rings is 1. The van der Waals surface area contributed by atoms with E-state index in [4.69, 9.17) is 5.73 Å². The van der Waals surface area contributed by atoms with Crippen LogP contribution in [0.4, 0.5) is 0 Å². The van der Waals surface area contributed by atoms with Crippen LogP contribution >= 0.6 is 15.9 Å². The van der Waals surface area contributed by atoms with Crippen molar-refractivity contribution in [2.75, 3.05) is 0 Å². The summed E-state index contributed by atoms with van der Waals surface area (Å²) in [5.41, 5.74) is 8.70. The number of nitrogens with two attached hydrogens (primary N) is 1. The average Bonchev–Trinajstić information content (AvgIpc) is 2.24. The molecule has 0 amide bonds. The SMILES string of the molecule is CCC(N)CCCc1cccc(Br)c1C. The highest BCUT2D eigenvalue weighted by Gasteiger charge is 2.03. The molecule has 0 aliphatic heterocycles. The van der Waals surface area contributed by atoms with E-state index in [0.717, 1.165) is 19.3 Å². The van der Waals surface area contributed by atoms with E-state index in [0.29, 0.717) is 6.04 Å². The molecule has 0 aliphatic carbocycles. The van der Waals surface area contributed by atoms with Gasteiger partial charge in [0.1, 0.15) is 0 Å². The van der Waals surface area contributed by atoms with Crippen molar-refractivity contribution < 1.29 is 0 Å². The molecule has 0 bridgehead atoms. The molecule has 1 atom stereocenters. The predicted octanol–water partition coefficient (Wildman–Crippen LogP) is 3.82. The molecule has 1 rings (SSSR count). The summed E-state index contributed by atoms with van der Waals surface area (Å²) >= 11 is 3.56. The second-order valence-corrected chi connectivity index (χ2v) is 4.94. The molecule has 0 heterocycles. The Hall–Kier alpha value is -0.340. The summed E-state index contributed by atoms with van der Waals surface area (Å²) in [6.07, 6.45) is 4.53. The van der Waals surface area contributed by atoms with Gasteiger partial charge in [0.25, 0.3) is 0 Å². The zero-order valence-electron chi connectivity index (χ0n) is 9.59. The Morgan fingerprint density at radius 1 is 1.40 bits per heavy atom. The first-order valence-corrected chi connectivity index (χ1v) is 6.44. The predicted molar refractivity (Wildman–Crippen MR) is 70.1 cm³/mol. The van der Waals surface area contributed by atoms with Crippen molar-refractivity contribution in [3.63, 3.8) is 0 Å². The van der Waals surface area contributed by atoms with Crippen molar-refractivity contribution in [3.05, 3.63) is 33.8 Å². The first-order valence-electron chi connectivity index (χ1n) is 5.64. The number of halogens is 1. The molecule has 2 heteroatoms. The van der Waals surface area contributed by atoms with Crippen LogP contribution in [0.25, 0.3) is 0 Å². The van der Waals surface area contributed by atoms with Crippen LogP contribution < -0.4 is 5.73 Å². The molecule has 1 nitrogen and oxygen atoms in total. The summed E-state index contributed by atoms with van der Waals surface area (Å²) in [6, 6.07) is 6.78. The molecule has 0 fully saturated rings. The second-order valence-electron chi connectivity index (χ2n) is 4.08. The van der Waals surface area contributed by atoms with Crippen molar-refractivity contribution in [1.29, 1.82) is 0 Å². The standard InChI is InChI=1S/C13H20BrN/c1-3-12(15)8-4-6-11-7-5-9-13(14)10(11)2/h5,7,9,12H,3-4,6,8,15H2,1-2H3. The summed E-state index contributed by atoms with van der Waals surface area (Å²) < 4.78 is 1.21. The van der Waals surface area contributed by atoms with Gasteiger partial charge in [-0.2, -0.15) is 0 Å². The number of hydrogen-bond donors (Lipinski definition) is 1. The maximum absolute atomic E-state index is 5.90. The number of rotatable bonds is 5. The minimum Gasteiger partial charge on any atom is -0.328 e. The van der Waals surface area contributed by atoms with Gasteiger partial charge in [0, 0.05) is 10.5 Å². The first-order chi connectivity index (χ1) is 7.15. The molecule has 0 spiro atoms. The highest BCUT2D eigenvalue weighted by atomic mass is 79.9. The lowest BCUT2D eigenvalue weighted by atomic mass is 10.0. The topological polar surface area (TPSA) is 26.0 Å². The van der Waals surface area contributed by atoms with Crippen LogP contribution in [-0.2, 0) is 6.42 Å². The molecule has 1 aromatic carbocycles. The lowest BCUT2D eigenvalue weighted by Gasteiger charge is -2.10. The van der Waals surface area contributed by atoms with Gasteiger partial charge in [0.05, 0.1) is 0 Å². The van der Waals surface area contributed by atoms with Crippen molar-refractivity contribution in [2.24, 2.45) is 5.73 Å². The molecule has 1 unspecified atom stereocenters. The van der Waals surface area contributed by atoms with Crippen molar-refractivity contribution in [3.8, 4) is 0 Å². The summed E-state index contributed by atoms with van der Waals surface area (Å²) in [6.45, 7) is 4.31. The molecule has 0 saturated carbocycles. The van der Waals surface area contributed by atoms with Crippen LogP contribution in [-0.4, -0.2) is 6.04 Å². The number of hydrogen-bond acceptors (Lipinski definition) is 1. The number of aryl methyl sites for hydroxylation is 1. The third-order valence-corrected chi connectivity index (χ3v) is 3.78. The van der Waals surface area contributed by atoms with Crippen LogP contribution in [0.1, 0.15) is 37.3 Å². The highest BCUT2D eigenvalue weighted by Crippen LogP contribution is 2.21. The Labute approximate surface area is 101 Å². The van der Waals surface area contributed by atoms with Crippen LogP contribution in [0.2, 0.25) is 0 Å². The monoisotopic (exact) mass is 269 g/mol. The smallest absolute Gasteiger partial charge is 0.0207 e. The van der Waals surface area contributed by atoms with E-state index in [-0.39, 0.29) is 0 Å². The normalized spacial score (nSPS) is 12.8. The minimum atomic E-state index is 0.373. The summed E-state index contributed by atoms with van der Waals surface area (Å²) in [5, 5.41) is 0. The fourth-order valence-corrected chi connectivity index (χ4v) is 2.09. The molecule has 2 N–H and O–H groups in total. The van der Waals surface area contributed by atoms with E-state index >= 15 is 0 Å². The molecule has 0 saturated heterocycles. The summed E-state index contributed by atoms with van der Waals surface area (Å²) in [4.78, 5) is 0. The average molecular weight is 270 g/mol. The fourth-order valence-electron chi connectivity index (χ4n) is 1.68. The zero-order valence-corrected chi connectivity index (χ0v) is 11.2. The van der Waals surface area contributed by atoms with E-state index in [2.05, 4.69) is 48.0 Å². The Kier molecular flexibility index (Phi) is 5.34. The molecule has 0 aromatic heterocycles. The molecular weight excluding hydrogens is 250 g/mol. The van der Waals surface area contributed by atoms with Gasteiger partial charge >= 0.3 is 0 Å². The van der Waals surface area contributed by atoms with Crippen molar-refractivity contribution >= 4 is 15.9 Å². The molecule has 0 radical (unpaired) electrons. The highest BCUT2D eigenvalue weighted by molar-refractivity contribution is 9.10. The van der Waals surface area contributed by atoms with Gasteiger partial charge < -0.3 is 5.73 Å². The lowest BCUT2D eigenvalue weighted by molar-refractivity contribution is 0.567. The molecule has 15 heavy (non-hydrogen) atoms. The van der Waals surface area contributed by atoms with Gasteiger partial charge in [-0.15, -0.1) is 0 Å². The van der Waals surface area contributed by atoms with Gasteiger partial charge in [-0.05, 0) is 49.8 Å². The fraction of sp³-hybridized carbons (Fsp3) is 0.538. The summed E-state index contributed by atoms with van der Waals surface area (Å²) in [7, 11) is 0. The molecule has 1 aromatic rings. The molecular formula is C13H20BrN.